The third-order valence-corrected chi connectivity index (χ3v) is 0.201. The second-order valence-electron chi connectivity index (χ2n) is 0.733. The zero-order valence-electron chi connectivity index (χ0n) is 3.25. The molecule has 3 N–H and O–H groups in total. The van der Waals surface area contributed by atoms with Crippen LogP contribution in [0.2, 0.25) is 0 Å². The number of urea groups is 1. The first kappa shape index (κ1) is 10.8. The Morgan fingerprint density at radius 3 is 2.12 bits per heavy atom. The van der Waals surface area contributed by atoms with Gasteiger partial charge in [-0.15, -0.1) is 0 Å². The molecular formula is CH5CaN3O3. The van der Waals surface area contributed by atoms with E-state index >= 15 is 0 Å². The zero-order chi connectivity index (χ0) is 5.86. The molecule has 0 aliphatic carbocycles. The minimum absolute atomic E-state index is 0. The summed E-state index contributed by atoms with van der Waals surface area (Å²) in [7, 11) is 0. The van der Waals surface area contributed by atoms with Crippen LogP contribution in [0.4, 0.5) is 4.79 Å². The standard InChI is InChI=1S/CH3N3O3.Ca.2H/c2-1(5)3-4(6)7;;;/h(H3,2,3,5);;;. The molecule has 0 aromatic heterocycles. The van der Waals surface area contributed by atoms with Crippen LogP contribution in [0.5, 0.6) is 0 Å². The fraction of sp³-hybridized carbons (Fsp3) is 0. The first-order chi connectivity index (χ1) is 3.13. The fourth-order valence-corrected chi connectivity index (χ4v) is 0.0900. The van der Waals surface area contributed by atoms with Gasteiger partial charge in [-0.2, -0.15) is 0 Å². The molecule has 6 nitrogen and oxygen atoms in total. The molecule has 8 heavy (non-hydrogen) atoms. The second kappa shape index (κ2) is 5.07. The van der Waals surface area contributed by atoms with Crippen LogP contribution in [-0.2, 0) is 0 Å². The van der Waals surface area contributed by atoms with E-state index < -0.39 is 11.1 Å². The Balaban J connectivity index is 0. The normalized spacial score (nSPS) is 6.50. The first-order valence-electron chi connectivity index (χ1n) is 1.33. The van der Waals surface area contributed by atoms with Gasteiger partial charge in [-0.1, -0.05) is 5.43 Å². The van der Waals surface area contributed by atoms with Crippen molar-refractivity contribution in [3.63, 3.8) is 0 Å². The van der Waals surface area contributed by atoms with Gasteiger partial charge >= 0.3 is 43.8 Å². The van der Waals surface area contributed by atoms with Gasteiger partial charge in [-0.25, -0.2) is 14.9 Å². The molecular weight excluding hydrogens is 142 g/mol. The van der Waals surface area contributed by atoms with Gasteiger partial charge in [0.2, 0.25) is 0 Å². The van der Waals surface area contributed by atoms with Crippen molar-refractivity contribution < 1.29 is 9.83 Å². The number of nitrogens with two attached hydrogens (primary N) is 1. The number of hydrogen-bond acceptors (Lipinski definition) is 3. The second-order valence-corrected chi connectivity index (χ2v) is 0.733. The SMILES string of the molecule is NC(=O)N[N+](=O)[O-].[CaH2]. The summed E-state index contributed by atoms with van der Waals surface area (Å²) in [6, 6.07) is -1.16. The number of hydrazine groups is 1. The number of hydrogen-bond donors (Lipinski definition) is 2. The van der Waals surface area contributed by atoms with Crippen molar-refractivity contribution >= 4 is 43.8 Å². The average molecular weight is 147 g/mol. The van der Waals surface area contributed by atoms with Gasteiger partial charge in [0.15, 0.2) is 5.03 Å². The Kier molecular flexibility index (Phi) is 6.87. The van der Waals surface area contributed by atoms with E-state index in [1.165, 1.54) is 5.43 Å². The van der Waals surface area contributed by atoms with Crippen LogP contribution in [0.1, 0.15) is 0 Å². The van der Waals surface area contributed by atoms with Gasteiger partial charge in [0.1, 0.15) is 0 Å². The molecule has 44 valence electrons. The quantitative estimate of drug-likeness (QED) is 0.253. The Labute approximate surface area is 74.5 Å². The number of nitrogens with one attached hydrogen (secondary N) is 1. The number of amides is 2. The summed E-state index contributed by atoms with van der Waals surface area (Å²) in [5, 5.41) is 8.18. The number of nitro groups is 1. The van der Waals surface area contributed by atoms with Crippen LogP contribution in [0.3, 0.4) is 0 Å². The van der Waals surface area contributed by atoms with Crippen molar-refractivity contribution in [1.82, 2.24) is 5.43 Å². The third kappa shape index (κ3) is 9.33. The summed E-state index contributed by atoms with van der Waals surface area (Å²) >= 11 is 0. The Bertz CT molecular complexity index is 90.7. The summed E-state index contributed by atoms with van der Waals surface area (Å²) in [5.74, 6) is 0. The Hall–Kier alpha value is -0.0703. The number of carbonyl (C=O) groups is 1. The maximum absolute atomic E-state index is 9.48. The van der Waals surface area contributed by atoms with Crippen LogP contribution < -0.4 is 11.2 Å². The van der Waals surface area contributed by atoms with Crippen molar-refractivity contribution in [2.24, 2.45) is 5.73 Å². The third-order valence-electron chi connectivity index (χ3n) is 0.201. The van der Waals surface area contributed by atoms with E-state index in [2.05, 4.69) is 5.73 Å². The Morgan fingerprint density at radius 2 is 2.12 bits per heavy atom. The molecule has 0 saturated carbocycles. The molecule has 0 aliphatic rings. The van der Waals surface area contributed by atoms with Crippen LogP contribution in [0, 0.1) is 10.1 Å². The van der Waals surface area contributed by atoms with Gasteiger partial charge in [0.05, 0.1) is 0 Å². The molecule has 0 aromatic rings. The van der Waals surface area contributed by atoms with E-state index in [0.29, 0.717) is 0 Å². The monoisotopic (exact) mass is 147 g/mol. The summed E-state index contributed by atoms with van der Waals surface area (Å²) in [4.78, 5) is 18.7. The molecule has 0 rings (SSSR count). The van der Waals surface area contributed by atoms with Gasteiger partial charge in [-0.3, -0.25) is 0 Å². The molecule has 2 amide bonds. The first-order valence-corrected chi connectivity index (χ1v) is 1.33. The van der Waals surface area contributed by atoms with Crippen molar-refractivity contribution in [3.05, 3.63) is 10.1 Å². The van der Waals surface area contributed by atoms with Gasteiger partial charge in [0, 0.05) is 0 Å². The van der Waals surface area contributed by atoms with Crippen molar-refractivity contribution in [3.8, 4) is 0 Å². The fourth-order valence-electron chi connectivity index (χ4n) is 0.0900. The van der Waals surface area contributed by atoms with Gasteiger partial charge in [-0.05, 0) is 0 Å². The van der Waals surface area contributed by atoms with Gasteiger partial charge in [0.25, 0.3) is 0 Å². The van der Waals surface area contributed by atoms with Crippen molar-refractivity contribution in [1.29, 1.82) is 0 Å². The van der Waals surface area contributed by atoms with E-state index in [-0.39, 0.29) is 37.7 Å². The maximum atomic E-state index is 9.48. The number of carbonyl (C=O) groups excluding carboxylic acids is 1. The van der Waals surface area contributed by atoms with Gasteiger partial charge < -0.3 is 5.73 Å². The number of nitrogens with zero attached hydrogens (tertiary/aromatic N) is 1. The van der Waals surface area contributed by atoms with E-state index in [4.69, 9.17) is 0 Å². The molecule has 0 bridgehead atoms. The van der Waals surface area contributed by atoms with Crippen LogP contribution in [-0.4, -0.2) is 48.8 Å². The van der Waals surface area contributed by atoms with Crippen molar-refractivity contribution in [2.75, 3.05) is 0 Å². The predicted octanol–water partition coefficient (Wildman–Crippen LogP) is -2.07. The van der Waals surface area contributed by atoms with E-state index in [1.54, 1.807) is 0 Å². The molecule has 0 unspecified atom stereocenters. The molecule has 0 aliphatic heterocycles. The molecule has 0 aromatic carbocycles. The molecule has 0 fully saturated rings. The molecule has 0 radical (unpaired) electrons. The van der Waals surface area contributed by atoms with Crippen molar-refractivity contribution in [2.45, 2.75) is 0 Å². The Morgan fingerprint density at radius 1 is 1.75 bits per heavy atom. The van der Waals surface area contributed by atoms with Crippen LogP contribution in [0.15, 0.2) is 0 Å². The van der Waals surface area contributed by atoms with E-state index in [1.807, 2.05) is 0 Å². The predicted molar refractivity (Wildman–Crippen MR) is 28.3 cm³/mol. The number of primary amides is 1. The molecule has 0 heterocycles. The average Bonchev–Trinajstić information content (AvgIpc) is 1.27. The molecule has 7 heteroatoms. The molecule has 0 atom stereocenters. The molecule has 0 spiro atoms. The summed E-state index contributed by atoms with van der Waals surface area (Å²) in [6.07, 6.45) is 0. The number of rotatable bonds is 1. The zero-order valence-corrected chi connectivity index (χ0v) is 3.25. The molecule has 0 saturated heterocycles. The minimum atomic E-state index is -1.16. The van der Waals surface area contributed by atoms with Crippen LogP contribution in [0.25, 0.3) is 0 Å². The summed E-state index contributed by atoms with van der Waals surface area (Å²) < 4.78 is 0. The van der Waals surface area contributed by atoms with E-state index in [0.717, 1.165) is 0 Å². The summed E-state index contributed by atoms with van der Waals surface area (Å²) in [6.45, 7) is 0. The van der Waals surface area contributed by atoms with Crippen LogP contribution >= 0.6 is 0 Å². The topological polar surface area (TPSA) is 98.3 Å². The summed E-state index contributed by atoms with van der Waals surface area (Å²) in [5.41, 5.74) is 5.47. The van der Waals surface area contributed by atoms with E-state index in [9.17, 15) is 14.9 Å².